The molecular weight excluding hydrogens is 534 g/mol. The van der Waals surface area contributed by atoms with Gasteiger partial charge in [0.25, 0.3) is 0 Å². The van der Waals surface area contributed by atoms with Crippen molar-refractivity contribution in [1.82, 2.24) is 4.98 Å². The third kappa shape index (κ3) is 6.55. The molecule has 1 aromatic heterocycles. The van der Waals surface area contributed by atoms with E-state index in [1.807, 2.05) is 0 Å². The highest BCUT2D eigenvalue weighted by molar-refractivity contribution is 7.19. The molecule has 4 aromatic rings. The Bertz CT molecular complexity index is 1360. The summed E-state index contributed by atoms with van der Waals surface area (Å²) in [6.45, 7) is 13.4. The predicted octanol–water partition coefficient (Wildman–Crippen LogP) is 7.26. The van der Waals surface area contributed by atoms with Crippen LogP contribution in [0.25, 0.3) is 32.3 Å². The van der Waals surface area contributed by atoms with Gasteiger partial charge in [0.05, 0.1) is 24.3 Å². The average Bonchev–Trinajstić information content (AvgIpc) is 3.44. The largest absolute Gasteiger partial charge is 0.493 e. The lowest BCUT2D eigenvalue weighted by molar-refractivity contribution is -0.132. The first kappa shape index (κ1) is 30.1. The number of anilines is 2. The Balaban J connectivity index is 1.86. The molecule has 0 aliphatic rings. The van der Waals surface area contributed by atoms with Crippen LogP contribution in [0.15, 0.2) is 60.7 Å². The van der Waals surface area contributed by atoms with Crippen molar-refractivity contribution < 1.29 is 19.4 Å². The summed E-state index contributed by atoms with van der Waals surface area (Å²) >= 11 is 1.58. The molecule has 4 rings (SSSR count). The lowest BCUT2D eigenvalue weighted by atomic mass is 10.1. The minimum atomic E-state index is -0.481. The molecule has 3 aromatic carbocycles. The van der Waals surface area contributed by atoms with Crippen LogP contribution in [0.3, 0.4) is 0 Å². The number of hydrogen-bond donors (Lipinski definition) is 1. The number of carbonyl (C=O) groups excluding carboxylic acids is 1. The van der Waals surface area contributed by atoms with E-state index in [0.717, 1.165) is 58.4 Å². The van der Waals surface area contributed by atoms with Crippen molar-refractivity contribution in [2.45, 2.75) is 41.2 Å². The third-order valence-corrected chi connectivity index (χ3v) is 8.32. The normalized spacial score (nSPS) is 10.9. The Hall–Kier alpha value is -3.88. The molecule has 216 valence electrons. The van der Waals surface area contributed by atoms with Gasteiger partial charge in [0.15, 0.2) is 11.5 Å². The topological polar surface area (TPSA) is 75.1 Å². The SMILES string of the molecule is CCN(CC)c1ccc(-c2nc(-c3cc(CO)c(OC(C)=O)c(OC)c3)sc2-c2ccc(N(CC)CC)cc2)cc1. The number of aliphatic hydroxyl groups excluding tert-OH is 1. The molecule has 0 spiro atoms. The standard InChI is InChI=1S/C33H39N3O4S/c1-7-35(8-2)27-15-11-23(12-16-27)30-32(24-13-17-28(18-14-24)36(9-3)10-4)41-33(34-30)25-19-26(21-37)31(40-22(5)38)29(20-25)39-6/h11-20,37H,7-10,21H2,1-6H3. The number of benzene rings is 3. The number of aromatic nitrogens is 1. The second kappa shape index (κ2) is 13.7. The second-order valence-corrected chi connectivity index (χ2v) is 10.6. The number of esters is 1. The zero-order chi connectivity index (χ0) is 29.5. The maximum atomic E-state index is 11.7. The highest BCUT2D eigenvalue weighted by atomic mass is 32.1. The molecule has 1 N–H and O–H groups in total. The van der Waals surface area contributed by atoms with Gasteiger partial charge in [-0.1, -0.05) is 24.3 Å². The van der Waals surface area contributed by atoms with Crippen molar-refractivity contribution in [3.05, 3.63) is 66.2 Å². The molecule has 0 aliphatic carbocycles. The summed E-state index contributed by atoms with van der Waals surface area (Å²) < 4.78 is 10.9. The van der Waals surface area contributed by atoms with E-state index in [1.54, 1.807) is 23.5 Å². The van der Waals surface area contributed by atoms with Gasteiger partial charge in [0.2, 0.25) is 0 Å². The Morgan fingerprint density at radius 2 is 1.37 bits per heavy atom. The van der Waals surface area contributed by atoms with Crippen molar-refractivity contribution >= 4 is 28.7 Å². The van der Waals surface area contributed by atoms with Gasteiger partial charge in [0, 0.05) is 61.2 Å². The molecule has 0 bridgehead atoms. The molecule has 7 nitrogen and oxygen atoms in total. The van der Waals surface area contributed by atoms with Gasteiger partial charge < -0.3 is 24.4 Å². The van der Waals surface area contributed by atoms with Crippen LogP contribution in [0, 0.1) is 0 Å². The quantitative estimate of drug-likeness (QED) is 0.141. The highest BCUT2D eigenvalue weighted by Crippen LogP contribution is 2.44. The first-order valence-corrected chi connectivity index (χ1v) is 14.9. The van der Waals surface area contributed by atoms with E-state index in [9.17, 15) is 9.90 Å². The van der Waals surface area contributed by atoms with Crippen LogP contribution in [0.2, 0.25) is 0 Å². The van der Waals surface area contributed by atoms with E-state index in [1.165, 1.54) is 25.4 Å². The number of nitrogens with zero attached hydrogens (tertiary/aromatic N) is 3. The Labute approximate surface area is 247 Å². The van der Waals surface area contributed by atoms with Gasteiger partial charge in [-0.15, -0.1) is 11.3 Å². The van der Waals surface area contributed by atoms with Crippen LogP contribution in [-0.4, -0.2) is 49.3 Å². The molecule has 0 atom stereocenters. The van der Waals surface area contributed by atoms with Crippen molar-refractivity contribution in [1.29, 1.82) is 0 Å². The smallest absolute Gasteiger partial charge is 0.308 e. The monoisotopic (exact) mass is 573 g/mol. The molecule has 0 unspecified atom stereocenters. The maximum absolute atomic E-state index is 11.7. The summed E-state index contributed by atoms with van der Waals surface area (Å²) in [5, 5.41) is 10.9. The molecule has 0 fully saturated rings. The Morgan fingerprint density at radius 1 is 0.829 bits per heavy atom. The fraction of sp³-hybridized carbons (Fsp3) is 0.333. The van der Waals surface area contributed by atoms with E-state index in [0.29, 0.717) is 11.3 Å². The summed E-state index contributed by atoms with van der Waals surface area (Å²) in [5.74, 6) is 0.111. The van der Waals surface area contributed by atoms with E-state index in [-0.39, 0.29) is 12.4 Å². The molecule has 0 amide bonds. The van der Waals surface area contributed by atoms with Gasteiger partial charge in [-0.05, 0) is 69.7 Å². The first-order chi connectivity index (χ1) is 19.9. The van der Waals surface area contributed by atoms with Crippen molar-refractivity contribution in [3.63, 3.8) is 0 Å². The lowest BCUT2D eigenvalue weighted by Crippen LogP contribution is -2.21. The van der Waals surface area contributed by atoms with Crippen molar-refractivity contribution in [2.24, 2.45) is 0 Å². The van der Waals surface area contributed by atoms with E-state index in [2.05, 4.69) is 86.0 Å². The summed E-state index contributed by atoms with van der Waals surface area (Å²) in [5.41, 5.74) is 6.60. The van der Waals surface area contributed by atoms with Gasteiger partial charge in [-0.3, -0.25) is 4.79 Å². The molecule has 0 saturated carbocycles. The molecule has 8 heteroatoms. The second-order valence-electron chi connectivity index (χ2n) is 9.55. The molecular formula is C33H39N3O4S. The van der Waals surface area contributed by atoms with Crippen molar-refractivity contribution in [3.8, 4) is 43.8 Å². The van der Waals surface area contributed by atoms with Crippen LogP contribution >= 0.6 is 11.3 Å². The number of methoxy groups -OCH3 is 1. The number of aliphatic hydroxyl groups is 1. The van der Waals surface area contributed by atoms with Gasteiger partial charge in [0.1, 0.15) is 5.01 Å². The number of rotatable bonds is 12. The molecule has 1 heterocycles. The van der Waals surface area contributed by atoms with Crippen LogP contribution in [0.5, 0.6) is 11.5 Å². The molecule has 41 heavy (non-hydrogen) atoms. The van der Waals surface area contributed by atoms with Gasteiger partial charge >= 0.3 is 5.97 Å². The first-order valence-electron chi connectivity index (χ1n) is 14.1. The van der Waals surface area contributed by atoms with Gasteiger partial charge in [-0.2, -0.15) is 0 Å². The van der Waals surface area contributed by atoms with Crippen LogP contribution < -0.4 is 19.3 Å². The Morgan fingerprint density at radius 3 is 1.83 bits per heavy atom. The highest BCUT2D eigenvalue weighted by Gasteiger charge is 2.21. The average molecular weight is 574 g/mol. The fourth-order valence-electron chi connectivity index (χ4n) is 4.98. The summed E-state index contributed by atoms with van der Waals surface area (Å²) in [7, 11) is 1.51. The minimum absolute atomic E-state index is 0.224. The predicted molar refractivity (Wildman–Crippen MR) is 169 cm³/mol. The molecule has 0 aliphatic heterocycles. The summed E-state index contributed by atoms with van der Waals surface area (Å²) in [6.07, 6.45) is 0. The van der Waals surface area contributed by atoms with Crippen molar-refractivity contribution in [2.75, 3.05) is 43.1 Å². The molecule has 0 saturated heterocycles. The Kier molecular flexibility index (Phi) is 10.0. The third-order valence-electron chi connectivity index (χ3n) is 7.17. The zero-order valence-electron chi connectivity index (χ0n) is 24.7. The zero-order valence-corrected chi connectivity index (χ0v) is 25.5. The number of ether oxygens (including phenoxy) is 2. The lowest BCUT2D eigenvalue weighted by Gasteiger charge is -2.21. The van der Waals surface area contributed by atoms with Gasteiger partial charge in [-0.25, -0.2) is 4.98 Å². The van der Waals surface area contributed by atoms with Crippen LogP contribution in [0.4, 0.5) is 11.4 Å². The van der Waals surface area contributed by atoms with Crippen LogP contribution in [0.1, 0.15) is 40.2 Å². The fourth-order valence-corrected chi connectivity index (χ4v) is 6.06. The van der Waals surface area contributed by atoms with Crippen LogP contribution in [-0.2, 0) is 11.4 Å². The van der Waals surface area contributed by atoms with E-state index >= 15 is 0 Å². The summed E-state index contributed by atoms with van der Waals surface area (Å²) in [4.78, 5) is 22.5. The minimum Gasteiger partial charge on any atom is -0.493 e. The van der Waals surface area contributed by atoms with E-state index < -0.39 is 5.97 Å². The van der Waals surface area contributed by atoms with E-state index in [4.69, 9.17) is 14.5 Å². The molecule has 0 radical (unpaired) electrons. The number of thiazole rings is 1. The number of hydrogen-bond acceptors (Lipinski definition) is 8. The number of carbonyl (C=O) groups is 1. The maximum Gasteiger partial charge on any atom is 0.308 e. The summed E-state index contributed by atoms with van der Waals surface area (Å²) in [6, 6.07) is 20.8.